The second-order valence-corrected chi connectivity index (χ2v) is 6.76. The van der Waals surface area contributed by atoms with Gasteiger partial charge in [0.1, 0.15) is 16.7 Å². The molecule has 2 aromatic heterocycles. The number of nitrogens with one attached hydrogen (secondary N) is 2. The van der Waals surface area contributed by atoms with Gasteiger partial charge in [-0.3, -0.25) is 0 Å². The molecule has 28 heavy (non-hydrogen) atoms. The number of aromatic nitrogens is 6. The number of tetrazole rings is 1. The molecule has 0 aliphatic heterocycles. The van der Waals surface area contributed by atoms with E-state index in [9.17, 15) is 10.1 Å². The molecule has 4 rings (SSSR count). The van der Waals surface area contributed by atoms with Crippen molar-refractivity contribution in [1.29, 1.82) is 5.26 Å². The van der Waals surface area contributed by atoms with E-state index in [1.165, 1.54) is 11.8 Å². The van der Waals surface area contributed by atoms with Crippen LogP contribution in [-0.4, -0.2) is 30.6 Å². The number of H-pyrrole nitrogens is 2. The third-order valence-corrected chi connectivity index (χ3v) is 5.03. The van der Waals surface area contributed by atoms with Crippen LogP contribution >= 0.6 is 11.8 Å². The Hall–Kier alpha value is -3.77. The van der Waals surface area contributed by atoms with E-state index in [1.807, 2.05) is 54.6 Å². The van der Waals surface area contributed by atoms with Crippen LogP contribution in [0.2, 0.25) is 0 Å². The zero-order valence-corrected chi connectivity index (χ0v) is 15.3. The molecule has 8 nitrogen and oxygen atoms in total. The van der Waals surface area contributed by atoms with Crippen molar-refractivity contribution in [1.82, 2.24) is 30.6 Å². The first kappa shape index (κ1) is 17.6. The Labute approximate surface area is 163 Å². The lowest BCUT2D eigenvalue weighted by Crippen LogP contribution is -2.14. The molecule has 0 amide bonds. The van der Waals surface area contributed by atoms with E-state index in [2.05, 4.69) is 36.7 Å². The average molecular weight is 387 g/mol. The molecule has 2 aromatic carbocycles. The summed E-state index contributed by atoms with van der Waals surface area (Å²) >= 11 is 1.34. The maximum Gasteiger partial charge on any atom is 0.346 e. The second-order valence-electron chi connectivity index (χ2n) is 5.80. The van der Waals surface area contributed by atoms with Crippen LogP contribution in [-0.2, 0) is 5.75 Å². The van der Waals surface area contributed by atoms with Crippen LogP contribution in [0.25, 0.3) is 22.6 Å². The molecule has 0 unspecified atom stereocenters. The summed E-state index contributed by atoms with van der Waals surface area (Å²) in [5.41, 5.74) is 2.92. The molecule has 0 spiro atoms. The van der Waals surface area contributed by atoms with Gasteiger partial charge in [-0.25, -0.2) is 4.79 Å². The normalized spacial score (nSPS) is 10.5. The molecule has 0 fully saturated rings. The van der Waals surface area contributed by atoms with Crippen molar-refractivity contribution in [2.45, 2.75) is 10.8 Å². The van der Waals surface area contributed by atoms with Gasteiger partial charge >= 0.3 is 5.69 Å². The van der Waals surface area contributed by atoms with E-state index >= 15 is 0 Å². The lowest BCUT2D eigenvalue weighted by molar-refractivity contribution is 0.881. The number of nitriles is 1. The summed E-state index contributed by atoms with van der Waals surface area (Å²) in [5, 5.41) is 24.0. The van der Waals surface area contributed by atoms with Gasteiger partial charge in [-0.1, -0.05) is 48.5 Å². The van der Waals surface area contributed by atoms with Crippen molar-refractivity contribution in [3.63, 3.8) is 0 Å². The summed E-state index contributed by atoms with van der Waals surface area (Å²) < 4.78 is 0. The van der Waals surface area contributed by atoms with E-state index in [4.69, 9.17) is 0 Å². The van der Waals surface area contributed by atoms with Crippen molar-refractivity contribution in [3.05, 3.63) is 76.2 Å². The van der Waals surface area contributed by atoms with E-state index < -0.39 is 5.69 Å². The molecule has 0 saturated heterocycles. The minimum absolute atomic E-state index is 0.352. The van der Waals surface area contributed by atoms with Gasteiger partial charge in [0, 0.05) is 11.3 Å². The number of rotatable bonds is 5. The molecule has 9 heteroatoms. The Kier molecular flexibility index (Phi) is 4.95. The maximum absolute atomic E-state index is 12.1. The average Bonchev–Trinajstić information content (AvgIpc) is 3.28. The Morgan fingerprint density at radius 1 is 1.07 bits per heavy atom. The van der Waals surface area contributed by atoms with Crippen molar-refractivity contribution >= 4 is 11.8 Å². The minimum atomic E-state index is -0.485. The molecule has 0 aliphatic carbocycles. The van der Waals surface area contributed by atoms with Gasteiger partial charge in [0.25, 0.3) is 0 Å². The summed E-state index contributed by atoms with van der Waals surface area (Å²) in [4.78, 5) is 18.7. The number of nitrogens with zero attached hydrogens (tertiary/aromatic N) is 5. The molecule has 0 bridgehead atoms. The van der Waals surface area contributed by atoms with Crippen LogP contribution in [0.3, 0.4) is 0 Å². The molecule has 0 aliphatic rings. The highest BCUT2D eigenvalue weighted by Crippen LogP contribution is 2.29. The van der Waals surface area contributed by atoms with Crippen LogP contribution in [0.1, 0.15) is 11.1 Å². The number of hydrogen-bond acceptors (Lipinski definition) is 7. The zero-order chi connectivity index (χ0) is 19.3. The molecule has 0 saturated carbocycles. The van der Waals surface area contributed by atoms with Gasteiger partial charge in [0.15, 0.2) is 0 Å². The standard InChI is InChI=1S/C19H13N7OS/c20-10-15-16(13-6-2-1-3-7-13)21-19(27)22-18(15)28-11-12-5-4-8-14(9-12)17-23-25-26-24-17/h1-9H,11H2,(H,21,22,27)(H,23,24,25,26). The Morgan fingerprint density at radius 3 is 2.64 bits per heavy atom. The first-order valence-electron chi connectivity index (χ1n) is 8.30. The Bertz CT molecular complexity index is 1200. The van der Waals surface area contributed by atoms with Crippen LogP contribution in [0.4, 0.5) is 0 Å². The molecule has 136 valence electrons. The van der Waals surface area contributed by atoms with Crippen molar-refractivity contribution < 1.29 is 0 Å². The van der Waals surface area contributed by atoms with E-state index in [0.717, 1.165) is 16.7 Å². The molecular formula is C19H13N7OS. The first-order chi connectivity index (χ1) is 13.7. The summed E-state index contributed by atoms with van der Waals surface area (Å²) in [6.45, 7) is 0. The number of benzene rings is 2. The van der Waals surface area contributed by atoms with Gasteiger partial charge in [-0.05, 0) is 22.4 Å². The molecule has 0 atom stereocenters. The molecule has 0 radical (unpaired) electrons. The third-order valence-electron chi connectivity index (χ3n) is 3.98. The lowest BCUT2D eigenvalue weighted by atomic mass is 10.1. The number of thioether (sulfide) groups is 1. The third kappa shape index (κ3) is 3.67. The van der Waals surface area contributed by atoms with Crippen molar-refractivity contribution in [2.24, 2.45) is 0 Å². The van der Waals surface area contributed by atoms with Gasteiger partial charge in [0.05, 0.1) is 5.69 Å². The molecule has 2 heterocycles. The van der Waals surface area contributed by atoms with Gasteiger partial charge < -0.3 is 4.98 Å². The fourth-order valence-electron chi connectivity index (χ4n) is 2.72. The Morgan fingerprint density at radius 2 is 1.89 bits per heavy atom. The quantitative estimate of drug-likeness (QED) is 0.398. The van der Waals surface area contributed by atoms with Crippen LogP contribution in [0.15, 0.2) is 64.4 Å². The fraction of sp³-hybridized carbons (Fsp3) is 0.0526. The lowest BCUT2D eigenvalue weighted by Gasteiger charge is -2.08. The predicted octanol–water partition coefficient (Wildman–Crippen LogP) is 2.78. The van der Waals surface area contributed by atoms with Crippen molar-refractivity contribution in [2.75, 3.05) is 0 Å². The van der Waals surface area contributed by atoms with Crippen LogP contribution < -0.4 is 5.69 Å². The van der Waals surface area contributed by atoms with Crippen molar-refractivity contribution in [3.8, 4) is 28.7 Å². The molecule has 2 N–H and O–H groups in total. The van der Waals surface area contributed by atoms with Gasteiger partial charge in [-0.2, -0.15) is 15.5 Å². The van der Waals surface area contributed by atoms with Crippen LogP contribution in [0.5, 0.6) is 0 Å². The number of hydrogen-bond donors (Lipinski definition) is 2. The monoisotopic (exact) mass is 387 g/mol. The fourth-order valence-corrected chi connectivity index (χ4v) is 3.64. The SMILES string of the molecule is N#Cc1c(SCc2cccc(-c3nn[nH]n3)c2)nc(=O)[nH]c1-c1ccccc1. The second kappa shape index (κ2) is 7.85. The largest absolute Gasteiger partial charge is 0.346 e. The Balaban J connectivity index is 1.64. The van der Waals surface area contributed by atoms with E-state index in [1.54, 1.807) is 0 Å². The van der Waals surface area contributed by atoms with Gasteiger partial charge in [-0.15, -0.1) is 22.0 Å². The predicted molar refractivity (Wildman–Crippen MR) is 104 cm³/mol. The molecular weight excluding hydrogens is 374 g/mol. The highest BCUT2D eigenvalue weighted by molar-refractivity contribution is 7.98. The first-order valence-corrected chi connectivity index (χ1v) is 9.28. The van der Waals surface area contributed by atoms with E-state index in [-0.39, 0.29) is 0 Å². The maximum atomic E-state index is 12.1. The highest BCUT2D eigenvalue weighted by Gasteiger charge is 2.15. The number of aromatic amines is 2. The van der Waals surface area contributed by atoms with E-state index in [0.29, 0.717) is 27.9 Å². The smallest absolute Gasteiger partial charge is 0.304 e. The highest BCUT2D eigenvalue weighted by atomic mass is 32.2. The summed E-state index contributed by atoms with van der Waals surface area (Å²) in [6.07, 6.45) is 0. The summed E-state index contributed by atoms with van der Waals surface area (Å²) in [7, 11) is 0. The van der Waals surface area contributed by atoms with Gasteiger partial charge in [0.2, 0.25) is 5.82 Å². The molecule has 4 aromatic rings. The summed E-state index contributed by atoms with van der Waals surface area (Å²) in [6, 6.07) is 19.1. The summed E-state index contributed by atoms with van der Waals surface area (Å²) in [5.74, 6) is 1.04. The van der Waals surface area contributed by atoms with Crippen LogP contribution in [0, 0.1) is 11.3 Å². The topological polar surface area (TPSA) is 124 Å². The minimum Gasteiger partial charge on any atom is -0.304 e. The zero-order valence-electron chi connectivity index (χ0n) is 14.5.